The van der Waals surface area contributed by atoms with Crippen LogP contribution < -0.4 is 9.80 Å². The number of rotatable bonds is 8. The summed E-state index contributed by atoms with van der Waals surface area (Å²) in [5, 5.41) is 0. The van der Waals surface area contributed by atoms with Crippen LogP contribution in [-0.4, -0.2) is 68.7 Å². The molecule has 2 aliphatic rings. The summed E-state index contributed by atoms with van der Waals surface area (Å²) >= 11 is 0. The predicted molar refractivity (Wildman–Crippen MR) is 137 cm³/mol. The van der Waals surface area contributed by atoms with Crippen molar-refractivity contribution >= 4 is 33.2 Å². The fourth-order valence-corrected chi connectivity index (χ4v) is 6.45. The molecule has 1 fully saturated rings. The number of carbonyl (C=O) groups excluding carboxylic acids is 2. The summed E-state index contributed by atoms with van der Waals surface area (Å²) in [7, 11) is -1.99. The highest BCUT2D eigenvalue weighted by Gasteiger charge is 2.41. The normalized spacial score (nSPS) is 17.8. The van der Waals surface area contributed by atoms with Gasteiger partial charge >= 0.3 is 0 Å². The minimum atomic E-state index is -3.71. The number of hydrogen-bond donors (Lipinski definition) is 0. The molecule has 2 aliphatic heterocycles. The van der Waals surface area contributed by atoms with E-state index >= 15 is 0 Å². The Labute approximate surface area is 208 Å². The zero-order valence-electron chi connectivity index (χ0n) is 20.7. The molecule has 0 bridgehead atoms. The van der Waals surface area contributed by atoms with Crippen molar-refractivity contribution in [2.24, 2.45) is 0 Å². The first kappa shape index (κ1) is 25.2. The summed E-state index contributed by atoms with van der Waals surface area (Å²) in [5.41, 5.74) is 2.30. The lowest BCUT2D eigenvalue weighted by atomic mass is 9.96. The van der Waals surface area contributed by atoms with Gasteiger partial charge < -0.3 is 9.80 Å². The van der Waals surface area contributed by atoms with Crippen molar-refractivity contribution in [3.8, 4) is 0 Å². The van der Waals surface area contributed by atoms with Gasteiger partial charge in [0.05, 0.1) is 16.3 Å². The lowest BCUT2D eigenvalue weighted by molar-refractivity contribution is -0.131. The van der Waals surface area contributed by atoms with Crippen molar-refractivity contribution in [3.05, 3.63) is 54.1 Å². The first-order valence-corrected chi connectivity index (χ1v) is 13.7. The second kappa shape index (κ2) is 10.4. The number of fused-ring (bicyclic) bond motifs is 3. The van der Waals surface area contributed by atoms with Crippen LogP contribution in [0, 0.1) is 0 Å². The summed E-state index contributed by atoms with van der Waals surface area (Å²) in [6, 6.07) is 14.3. The number of carbonyl (C=O) groups is 2. The van der Waals surface area contributed by atoms with E-state index in [0.29, 0.717) is 25.3 Å². The molecule has 2 amide bonds. The molecule has 0 aromatic heterocycles. The minimum Gasteiger partial charge on any atom is -0.358 e. The quantitative estimate of drug-likeness (QED) is 0.559. The van der Waals surface area contributed by atoms with Gasteiger partial charge in [-0.05, 0) is 43.0 Å². The van der Waals surface area contributed by atoms with Gasteiger partial charge in [-0.2, -0.15) is 4.31 Å². The lowest BCUT2D eigenvalue weighted by Gasteiger charge is -2.45. The molecule has 0 spiro atoms. The van der Waals surface area contributed by atoms with Gasteiger partial charge in [-0.15, -0.1) is 0 Å². The van der Waals surface area contributed by atoms with Gasteiger partial charge in [-0.25, -0.2) is 8.42 Å². The van der Waals surface area contributed by atoms with Crippen molar-refractivity contribution in [1.29, 1.82) is 0 Å². The Morgan fingerprint density at radius 3 is 2.43 bits per heavy atom. The molecule has 35 heavy (non-hydrogen) atoms. The smallest absolute Gasteiger partial charge is 0.250 e. The van der Waals surface area contributed by atoms with Crippen LogP contribution in [0.15, 0.2) is 53.4 Å². The molecule has 2 heterocycles. The monoisotopic (exact) mass is 498 g/mol. The van der Waals surface area contributed by atoms with E-state index in [1.165, 1.54) is 9.21 Å². The maximum absolute atomic E-state index is 13.6. The number of benzene rings is 2. The Morgan fingerprint density at radius 2 is 1.74 bits per heavy atom. The predicted octanol–water partition coefficient (Wildman–Crippen LogP) is 3.08. The maximum Gasteiger partial charge on any atom is 0.250 e. The average Bonchev–Trinajstić information content (AvgIpc) is 2.87. The van der Waals surface area contributed by atoms with Gasteiger partial charge in [-0.3, -0.25) is 14.5 Å². The average molecular weight is 499 g/mol. The topological polar surface area (TPSA) is 81.2 Å². The number of amides is 2. The van der Waals surface area contributed by atoms with Gasteiger partial charge in [0.2, 0.25) is 21.8 Å². The molecule has 9 heteroatoms. The summed E-state index contributed by atoms with van der Waals surface area (Å²) in [4.78, 5) is 32.1. The fraction of sp³-hybridized carbons (Fsp3) is 0.462. The first-order chi connectivity index (χ1) is 16.8. The second-order valence-electron chi connectivity index (χ2n) is 9.10. The largest absolute Gasteiger partial charge is 0.358 e. The van der Waals surface area contributed by atoms with Crippen molar-refractivity contribution < 1.29 is 18.0 Å². The third-order valence-electron chi connectivity index (χ3n) is 6.93. The van der Waals surface area contributed by atoms with Gasteiger partial charge in [0.1, 0.15) is 12.6 Å². The SMILES string of the molecule is CCN(CC)S(=O)(=O)c1ccc2c(c1)N(CC(=O)N(C)Cc1ccccc1)C(=O)[C@H]1CCCCN21. The summed E-state index contributed by atoms with van der Waals surface area (Å²) in [6.45, 7) is 5.35. The molecule has 2 aromatic carbocycles. The van der Waals surface area contributed by atoms with E-state index in [-0.39, 0.29) is 29.3 Å². The van der Waals surface area contributed by atoms with Crippen molar-refractivity contribution in [1.82, 2.24) is 9.21 Å². The van der Waals surface area contributed by atoms with E-state index in [1.807, 2.05) is 30.3 Å². The highest BCUT2D eigenvalue weighted by molar-refractivity contribution is 7.89. The fourth-order valence-electron chi connectivity index (χ4n) is 4.98. The zero-order valence-corrected chi connectivity index (χ0v) is 21.5. The van der Waals surface area contributed by atoms with Crippen LogP contribution in [0.4, 0.5) is 11.4 Å². The van der Waals surface area contributed by atoms with E-state index in [0.717, 1.165) is 37.1 Å². The molecule has 0 N–H and O–H groups in total. The molecular weight excluding hydrogens is 464 g/mol. The van der Waals surface area contributed by atoms with E-state index in [1.54, 1.807) is 44.0 Å². The maximum atomic E-state index is 13.6. The first-order valence-electron chi connectivity index (χ1n) is 12.3. The van der Waals surface area contributed by atoms with E-state index < -0.39 is 10.0 Å². The van der Waals surface area contributed by atoms with Crippen LogP contribution in [0.25, 0.3) is 0 Å². The molecule has 0 aliphatic carbocycles. The number of piperidine rings is 1. The second-order valence-corrected chi connectivity index (χ2v) is 11.0. The third-order valence-corrected chi connectivity index (χ3v) is 8.97. The number of sulfonamides is 1. The number of anilines is 2. The van der Waals surface area contributed by atoms with E-state index in [9.17, 15) is 18.0 Å². The standard InChI is InChI=1S/C26H34N4O4S/c1-4-28(5-2)35(33,34)21-14-15-22-24(17-21)30(26(32)23-13-9-10-16-29(22)23)19-25(31)27(3)18-20-11-7-6-8-12-20/h6-8,11-12,14-15,17,23H,4-5,9-10,13,16,18-19H2,1-3H3/t23-/m1/s1. The molecule has 188 valence electrons. The molecule has 1 saturated heterocycles. The number of hydrogen-bond acceptors (Lipinski definition) is 5. The molecule has 0 unspecified atom stereocenters. The lowest BCUT2D eigenvalue weighted by Crippen LogP contribution is -2.57. The van der Waals surface area contributed by atoms with Crippen LogP contribution in [-0.2, 0) is 26.2 Å². The molecule has 2 aromatic rings. The van der Waals surface area contributed by atoms with Crippen LogP contribution in [0.3, 0.4) is 0 Å². The van der Waals surface area contributed by atoms with Crippen LogP contribution in [0.5, 0.6) is 0 Å². The van der Waals surface area contributed by atoms with E-state index in [2.05, 4.69) is 4.90 Å². The van der Waals surface area contributed by atoms with Crippen molar-refractivity contribution in [3.63, 3.8) is 0 Å². The Balaban J connectivity index is 1.69. The molecular formula is C26H34N4O4S. The van der Waals surface area contributed by atoms with Gasteiger partial charge in [0.15, 0.2) is 0 Å². The highest BCUT2D eigenvalue weighted by atomic mass is 32.2. The zero-order chi connectivity index (χ0) is 25.2. The van der Waals surface area contributed by atoms with Crippen molar-refractivity contribution in [2.45, 2.75) is 50.6 Å². The number of likely N-dealkylation sites (N-methyl/N-ethyl adjacent to an activating group) is 1. The molecule has 4 rings (SSSR count). The Kier molecular flexibility index (Phi) is 7.47. The van der Waals surface area contributed by atoms with Gasteiger partial charge in [-0.1, -0.05) is 44.2 Å². The summed E-state index contributed by atoms with van der Waals surface area (Å²) < 4.78 is 27.8. The number of nitrogens with zero attached hydrogens (tertiary/aromatic N) is 4. The van der Waals surface area contributed by atoms with E-state index in [4.69, 9.17) is 0 Å². The molecule has 1 atom stereocenters. The minimum absolute atomic E-state index is 0.131. The highest BCUT2D eigenvalue weighted by Crippen LogP contribution is 2.41. The molecule has 0 saturated carbocycles. The summed E-state index contributed by atoms with van der Waals surface area (Å²) in [6.07, 6.45) is 2.65. The van der Waals surface area contributed by atoms with Crippen LogP contribution in [0.1, 0.15) is 38.7 Å². The van der Waals surface area contributed by atoms with Gasteiger partial charge in [0, 0.05) is 33.2 Å². The van der Waals surface area contributed by atoms with Gasteiger partial charge in [0.25, 0.3) is 0 Å². The summed E-state index contributed by atoms with van der Waals surface area (Å²) in [5.74, 6) is -0.342. The Bertz CT molecular complexity index is 1180. The third kappa shape index (κ3) is 4.92. The van der Waals surface area contributed by atoms with Crippen LogP contribution >= 0.6 is 0 Å². The van der Waals surface area contributed by atoms with Crippen molar-refractivity contribution in [2.75, 3.05) is 43.0 Å². The van der Waals surface area contributed by atoms with Crippen LogP contribution in [0.2, 0.25) is 0 Å². The molecule has 0 radical (unpaired) electrons. The Morgan fingerprint density at radius 1 is 1.03 bits per heavy atom. The Hall–Kier alpha value is -2.91. The molecule has 8 nitrogen and oxygen atoms in total.